The van der Waals surface area contributed by atoms with Crippen molar-refractivity contribution in [2.24, 2.45) is 5.73 Å². The predicted octanol–water partition coefficient (Wildman–Crippen LogP) is 2.63. The first kappa shape index (κ1) is 15.6. The van der Waals surface area contributed by atoms with Gasteiger partial charge in [-0.15, -0.1) is 0 Å². The smallest absolute Gasteiger partial charge is 0.205 e. The van der Waals surface area contributed by atoms with Crippen LogP contribution in [0.2, 0.25) is 0 Å². The maximum absolute atomic E-state index is 9.68. The van der Waals surface area contributed by atoms with E-state index in [4.69, 9.17) is 19.9 Å². The first-order chi connectivity index (χ1) is 11.6. The number of phenolic OH excluding ortho intramolecular Hbond substituents is 1. The molecule has 122 valence electrons. The summed E-state index contributed by atoms with van der Waals surface area (Å²) in [6.07, 6.45) is 0. The molecule has 0 radical (unpaired) electrons. The van der Waals surface area contributed by atoms with Gasteiger partial charge in [-0.25, -0.2) is 0 Å². The van der Waals surface area contributed by atoms with Crippen molar-refractivity contribution in [3.8, 4) is 29.1 Å². The summed E-state index contributed by atoms with van der Waals surface area (Å²) in [5.41, 5.74) is 7.69. The molecule has 0 aromatic heterocycles. The summed E-state index contributed by atoms with van der Waals surface area (Å²) in [5, 5.41) is 19.2. The minimum Gasteiger partial charge on any atom is -0.508 e. The number of nitrogens with two attached hydrogens (primary N) is 1. The molecule has 0 aliphatic carbocycles. The lowest BCUT2D eigenvalue weighted by Crippen LogP contribution is -2.21. The van der Waals surface area contributed by atoms with Gasteiger partial charge in [0, 0.05) is 23.3 Å². The summed E-state index contributed by atoms with van der Waals surface area (Å²) in [6.45, 7) is 0. The molecule has 0 saturated heterocycles. The zero-order valence-corrected chi connectivity index (χ0v) is 13.2. The summed E-state index contributed by atoms with van der Waals surface area (Å²) in [7, 11) is 3.12. The van der Waals surface area contributed by atoms with Crippen molar-refractivity contribution >= 4 is 0 Å². The molecule has 0 bridgehead atoms. The monoisotopic (exact) mass is 324 g/mol. The van der Waals surface area contributed by atoms with Crippen LogP contribution in [0, 0.1) is 11.3 Å². The summed E-state index contributed by atoms with van der Waals surface area (Å²) in [4.78, 5) is 0. The molecule has 2 aromatic rings. The van der Waals surface area contributed by atoms with Gasteiger partial charge in [-0.2, -0.15) is 5.26 Å². The highest BCUT2D eigenvalue weighted by Gasteiger charge is 2.32. The van der Waals surface area contributed by atoms with Crippen molar-refractivity contribution in [2.45, 2.75) is 5.92 Å². The minimum absolute atomic E-state index is 0.0125. The molecule has 3 N–H and O–H groups in total. The number of allylic oxidation sites excluding steroid dienone is 1. The van der Waals surface area contributed by atoms with E-state index < -0.39 is 5.92 Å². The van der Waals surface area contributed by atoms with E-state index >= 15 is 0 Å². The number of ether oxygens (including phenoxy) is 3. The van der Waals surface area contributed by atoms with Crippen LogP contribution in [0.15, 0.2) is 47.9 Å². The fourth-order valence-electron chi connectivity index (χ4n) is 2.82. The summed E-state index contributed by atoms with van der Waals surface area (Å²) in [6, 6.07) is 12.2. The Labute approximate surface area is 139 Å². The van der Waals surface area contributed by atoms with Crippen LogP contribution < -0.4 is 19.9 Å². The van der Waals surface area contributed by atoms with E-state index in [-0.39, 0.29) is 17.2 Å². The molecular weight excluding hydrogens is 308 g/mol. The highest BCUT2D eigenvalue weighted by atomic mass is 16.5. The van der Waals surface area contributed by atoms with Gasteiger partial charge >= 0.3 is 0 Å². The molecular formula is C18H16N2O4. The number of benzene rings is 2. The number of fused-ring (bicyclic) bond motifs is 1. The Hall–Kier alpha value is -3.33. The van der Waals surface area contributed by atoms with E-state index in [0.29, 0.717) is 17.2 Å². The number of methoxy groups -OCH3 is 2. The Kier molecular flexibility index (Phi) is 3.92. The summed E-state index contributed by atoms with van der Waals surface area (Å²) >= 11 is 0. The molecule has 6 heteroatoms. The van der Waals surface area contributed by atoms with Crippen LogP contribution in [0.1, 0.15) is 17.0 Å². The van der Waals surface area contributed by atoms with Crippen LogP contribution in [0.3, 0.4) is 0 Å². The van der Waals surface area contributed by atoms with Gasteiger partial charge in [0.15, 0.2) is 0 Å². The third kappa shape index (κ3) is 2.46. The molecule has 1 aliphatic rings. The number of nitrogens with zero attached hydrogens (tertiary/aromatic N) is 1. The lowest BCUT2D eigenvalue weighted by atomic mass is 9.83. The average Bonchev–Trinajstić information content (AvgIpc) is 2.59. The van der Waals surface area contributed by atoms with Crippen LogP contribution in [-0.4, -0.2) is 19.3 Å². The minimum atomic E-state index is -0.458. The van der Waals surface area contributed by atoms with Crippen LogP contribution in [0.5, 0.6) is 23.0 Å². The zero-order valence-electron chi connectivity index (χ0n) is 13.2. The van der Waals surface area contributed by atoms with Gasteiger partial charge in [-0.3, -0.25) is 0 Å². The van der Waals surface area contributed by atoms with Crippen molar-refractivity contribution in [3.05, 3.63) is 59.0 Å². The van der Waals surface area contributed by atoms with E-state index in [9.17, 15) is 10.4 Å². The number of nitriles is 1. The quantitative estimate of drug-likeness (QED) is 0.900. The molecule has 0 fully saturated rings. The normalized spacial score (nSPS) is 16.0. The molecule has 2 aromatic carbocycles. The third-order valence-corrected chi connectivity index (χ3v) is 3.95. The molecule has 24 heavy (non-hydrogen) atoms. The zero-order chi connectivity index (χ0) is 17.3. The first-order valence-corrected chi connectivity index (χ1v) is 7.21. The Bertz CT molecular complexity index is 868. The van der Waals surface area contributed by atoms with Gasteiger partial charge in [0.25, 0.3) is 0 Å². The van der Waals surface area contributed by atoms with Crippen LogP contribution in [0.4, 0.5) is 0 Å². The molecule has 1 atom stereocenters. The number of hydrogen-bond donors (Lipinski definition) is 2. The molecule has 0 amide bonds. The van der Waals surface area contributed by atoms with Gasteiger partial charge in [0.05, 0.1) is 20.1 Å². The van der Waals surface area contributed by atoms with E-state index in [1.807, 2.05) is 6.07 Å². The molecule has 3 rings (SSSR count). The number of phenols is 1. The van der Waals surface area contributed by atoms with Crippen molar-refractivity contribution < 1.29 is 19.3 Å². The second kappa shape index (κ2) is 6.05. The molecule has 1 heterocycles. The number of hydrogen-bond acceptors (Lipinski definition) is 6. The second-order valence-electron chi connectivity index (χ2n) is 5.25. The molecule has 6 nitrogen and oxygen atoms in total. The average molecular weight is 324 g/mol. The van der Waals surface area contributed by atoms with Crippen LogP contribution >= 0.6 is 0 Å². The third-order valence-electron chi connectivity index (χ3n) is 3.95. The highest BCUT2D eigenvalue weighted by molar-refractivity contribution is 5.60. The van der Waals surface area contributed by atoms with Crippen molar-refractivity contribution in [1.82, 2.24) is 0 Å². The van der Waals surface area contributed by atoms with E-state index in [0.717, 1.165) is 11.1 Å². The number of rotatable bonds is 3. The first-order valence-electron chi connectivity index (χ1n) is 7.21. The van der Waals surface area contributed by atoms with Gasteiger partial charge < -0.3 is 25.1 Å². The largest absolute Gasteiger partial charge is 0.508 e. The SMILES string of the molecule is COc1ccc([C@H]2C(C#N)=C(N)Oc3cc(O)ccc32)c(OC)c1. The molecule has 0 saturated carbocycles. The maximum atomic E-state index is 9.68. The molecule has 0 spiro atoms. The highest BCUT2D eigenvalue weighted by Crippen LogP contribution is 2.46. The van der Waals surface area contributed by atoms with Gasteiger partial charge in [0.1, 0.15) is 34.6 Å². The van der Waals surface area contributed by atoms with Crippen molar-refractivity contribution in [1.29, 1.82) is 5.26 Å². The number of aromatic hydroxyl groups is 1. The van der Waals surface area contributed by atoms with Crippen molar-refractivity contribution in [2.75, 3.05) is 14.2 Å². The summed E-state index contributed by atoms with van der Waals surface area (Å²) in [5.74, 6) is 1.24. The standard InChI is InChI=1S/C18H16N2O4/c1-22-11-4-6-12(15(8-11)23-2)17-13-5-3-10(21)7-16(13)24-18(20)14(17)9-19/h3-8,17,21H,20H2,1-2H3/t17-/m1/s1. The van der Waals surface area contributed by atoms with Crippen LogP contribution in [-0.2, 0) is 0 Å². The van der Waals surface area contributed by atoms with Gasteiger partial charge in [0.2, 0.25) is 5.88 Å². The van der Waals surface area contributed by atoms with E-state index in [1.165, 1.54) is 6.07 Å². The van der Waals surface area contributed by atoms with E-state index in [1.54, 1.807) is 38.5 Å². The molecule has 1 aliphatic heterocycles. The Morgan fingerprint density at radius 1 is 1.12 bits per heavy atom. The van der Waals surface area contributed by atoms with Gasteiger partial charge in [-0.1, -0.05) is 12.1 Å². The fraction of sp³-hybridized carbons (Fsp3) is 0.167. The lowest BCUT2D eigenvalue weighted by molar-refractivity contribution is 0.379. The Balaban J connectivity index is 2.24. The Morgan fingerprint density at radius 2 is 1.88 bits per heavy atom. The summed E-state index contributed by atoms with van der Waals surface area (Å²) < 4.78 is 16.2. The topological polar surface area (TPSA) is 97.7 Å². The van der Waals surface area contributed by atoms with Gasteiger partial charge in [-0.05, 0) is 12.1 Å². The second-order valence-corrected chi connectivity index (χ2v) is 5.25. The maximum Gasteiger partial charge on any atom is 0.205 e. The fourth-order valence-corrected chi connectivity index (χ4v) is 2.82. The Morgan fingerprint density at radius 3 is 2.54 bits per heavy atom. The predicted molar refractivity (Wildman–Crippen MR) is 87.0 cm³/mol. The molecule has 0 unspecified atom stereocenters. The van der Waals surface area contributed by atoms with Crippen LogP contribution in [0.25, 0.3) is 0 Å². The lowest BCUT2D eigenvalue weighted by Gasteiger charge is -2.27. The van der Waals surface area contributed by atoms with Crippen molar-refractivity contribution in [3.63, 3.8) is 0 Å². The van der Waals surface area contributed by atoms with E-state index in [2.05, 4.69) is 6.07 Å².